The van der Waals surface area contributed by atoms with Crippen LogP contribution in [0.4, 0.5) is 19.9 Å². The van der Waals surface area contributed by atoms with Crippen molar-refractivity contribution in [2.75, 3.05) is 25.5 Å². The van der Waals surface area contributed by atoms with Gasteiger partial charge >= 0.3 is 12.1 Å². The number of amides is 3. The number of likely N-dealkylation sites (tertiary alicyclic amines) is 1. The number of anilines is 1. The summed E-state index contributed by atoms with van der Waals surface area (Å²) in [5, 5.41) is 9.37. The molecule has 0 saturated carbocycles. The Labute approximate surface area is 195 Å². The molecule has 34 heavy (non-hydrogen) atoms. The van der Waals surface area contributed by atoms with Gasteiger partial charge < -0.3 is 24.7 Å². The number of halogens is 1. The lowest BCUT2D eigenvalue weighted by Gasteiger charge is -2.24. The zero-order chi connectivity index (χ0) is 24.6. The number of carbonyl (C=O) groups excluding carboxylic acids is 2. The molecule has 1 aliphatic rings. The molecule has 11 nitrogen and oxygen atoms in total. The van der Waals surface area contributed by atoms with E-state index in [-0.39, 0.29) is 19.0 Å². The van der Waals surface area contributed by atoms with Crippen molar-refractivity contribution in [3.05, 3.63) is 24.5 Å². The number of aryl methyl sites for hydroxylation is 1. The van der Waals surface area contributed by atoms with Gasteiger partial charge in [-0.25, -0.2) is 19.0 Å². The monoisotopic (exact) mass is 473 g/mol. The highest BCUT2D eigenvalue weighted by Crippen LogP contribution is 2.33. The van der Waals surface area contributed by atoms with Gasteiger partial charge in [-0.2, -0.15) is 5.10 Å². The van der Waals surface area contributed by atoms with Crippen molar-refractivity contribution in [2.24, 2.45) is 7.05 Å². The lowest BCUT2D eigenvalue weighted by molar-refractivity contribution is 0.0282. The largest absolute Gasteiger partial charge is 0.494 e. The third-order valence-electron chi connectivity index (χ3n) is 5.29. The molecule has 3 aromatic rings. The third-order valence-corrected chi connectivity index (χ3v) is 5.29. The number of H-pyrrole nitrogens is 1. The van der Waals surface area contributed by atoms with Gasteiger partial charge in [0.2, 0.25) is 5.95 Å². The molecule has 3 heterocycles. The number of ether oxygens (including phenoxy) is 2. The number of fused-ring (bicyclic) bond motifs is 1. The van der Waals surface area contributed by atoms with Crippen molar-refractivity contribution in [3.8, 4) is 16.9 Å². The zero-order valence-corrected chi connectivity index (χ0v) is 19.7. The fraction of sp³-hybridized carbons (Fsp3) is 0.455. The standard InChI is InChI=1S/C22H28FN7O4/c1-22(2,3)34-21(32)30-10-14(23)15(11-30)25-20(31)28-19-26-17-13(12-8-24-29(4)9-12)6-7-16(33-5)18(17)27-19/h6-9,14-15H,10-11H2,1-5H3,(H3,25,26,27,28,31)/t14-,15+/m0/s1. The Morgan fingerprint density at radius 1 is 1.26 bits per heavy atom. The molecule has 0 bridgehead atoms. The minimum Gasteiger partial charge on any atom is -0.494 e. The third kappa shape index (κ3) is 4.90. The van der Waals surface area contributed by atoms with E-state index in [0.29, 0.717) is 16.8 Å². The molecular formula is C22H28FN7O4. The van der Waals surface area contributed by atoms with Crippen LogP contribution in [-0.2, 0) is 11.8 Å². The van der Waals surface area contributed by atoms with E-state index >= 15 is 0 Å². The van der Waals surface area contributed by atoms with E-state index in [9.17, 15) is 14.0 Å². The molecule has 1 fully saturated rings. The Morgan fingerprint density at radius 3 is 2.68 bits per heavy atom. The number of rotatable bonds is 4. The molecule has 2 atom stereocenters. The van der Waals surface area contributed by atoms with Crippen LogP contribution in [0.25, 0.3) is 22.2 Å². The number of methoxy groups -OCH3 is 1. The highest BCUT2D eigenvalue weighted by Gasteiger charge is 2.38. The van der Waals surface area contributed by atoms with Gasteiger partial charge in [-0.3, -0.25) is 10.00 Å². The van der Waals surface area contributed by atoms with Gasteiger partial charge in [-0.1, -0.05) is 0 Å². The summed E-state index contributed by atoms with van der Waals surface area (Å²) in [6.07, 6.45) is 1.53. The number of benzene rings is 1. The number of nitrogens with one attached hydrogen (secondary N) is 3. The summed E-state index contributed by atoms with van der Waals surface area (Å²) in [6, 6.07) is 2.13. The topological polar surface area (TPSA) is 126 Å². The fourth-order valence-electron chi connectivity index (χ4n) is 3.78. The van der Waals surface area contributed by atoms with E-state index in [0.717, 1.165) is 11.1 Å². The van der Waals surface area contributed by atoms with E-state index in [2.05, 4.69) is 25.7 Å². The van der Waals surface area contributed by atoms with Crippen LogP contribution < -0.4 is 15.4 Å². The number of nitrogens with zero attached hydrogens (tertiary/aromatic N) is 4. The molecule has 1 aromatic carbocycles. The van der Waals surface area contributed by atoms with Gasteiger partial charge in [0.25, 0.3) is 0 Å². The number of carbonyl (C=O) groups is 2. The molecule has 182 valence electrons. The number of aromatic nitrogens is 4. The van der Waals surface area contributed by atoms with E-state index < -0.39 is 29.9 Å². The van der Waals surface area contributed by atoms with E-state index in [1.165, 1.54) is 12.0 Å². The summed E-state index contributed by atoms with van der Waals surface area (Å²) in [5.41, 5.74) is 2.15. The highest BCUT2D eigenvalue weighted by atomic mass is 19.1. The minimum absolute atomic E-state index is 0.00259. The molecule has 2 aromatic heterocycles. The number of aromatic amines is 1. The number of hydrogen-bond donors (Lipinski definition) is 3. The Hall–Kier alpha value is -3.83. The second kappa shape index (κ2) is 8.84. The molecule has 3 N–H and O–H groups in total. The van der Waals surface area contributed by atoms with Crippen LogP contribution in [-0.4, -0.2) is 74.8 Å². The first-order valence-corrected chi connectivity index (χ1v) is 10.8. The van der Waals surface area contributed by atoms with Crippen LogP contribution in [0, 0.1) is 0 Å². The van der Waals surface area contributed by atoms with Gasteiger partial charge in [0.1, 0.15) is 28.6 Å². The Morgan fingerprint density at radius 2 is 2.03 bits per heavy atom. The summed E-state index contributed by atoms with van der Waals surface area (Å²) < 4.78 is 26.9. The molecule has 0 unspecified atom stereocenters. The average molecular weight is 474 g/mol. The summed E-state index contributed by atoms with van der Waals surface area (Å²) in [7, 11) is 3.36. The van der Waals surface area contributed by atoms with Crippen LogP contribution in [0.15, 0.2) is 24.5 Å². The van der Waals surface area contributed by atoms with Gasteiger partial charge in [0, 0.05) is 30.9 Å². The first-order chi connectivity index (χ1) is 16.0. The normalized spacial score (nSPS) is 18.2. The maximum atomic E-state index is 14.5. The smallest absolute Gasteiger partial charge is 0.410 e. The van der Waals surface area contributed by atoms with E-state index in [1.54, 1.807) is 37.7 Å². The number of hydrogen-bond acceptors (Lipinski definition) is 6. The predicted octanol–water partition coefficient (Wildman–Crippen LogP) is 3.05. The molecule has 3 amide bonds. The zero-order valence-electron chi connectivity index (χ0n) is 19.7. The van der Waals surface area contributed by atoms with E-state index in [1.807, 2.05) is 19.3 Å². The second-order valence-electron chi connectivity index (χ2n) is 9.13. The number of alkyl halides is 1. The maximum Gasteiger partial charge on any atom is 0.410 e. The van der Waals surface area contributed by atoms with Crippen molar-refractivity contribution < 1.29 is 23.5 Å². The minimum atomic E-state index is -1.42. The summed E-state index contributed by atoms with van der Waals surface area (Å²) in [5.74, 6) is 0.718. The van der Waals surface area contributed by atoms with Crippen molar-refractivity contribution in [1.29, 1.82) is 0 Å². The SMILES string of the molecule is COc1ccc(-c2cnn(C)c2)c2nc(NC(=O)N[C@@H]3CN(C(=O)OC(C)(C)C)C[C@@H]3F)[nH]c12. The van der Waals surface area contributed by atoms with Crippen molar-refractivity contribution >= 4 is 29.1 Å². The average Bonchev–Trinajstić information content (AvgIpc) is 3.45. The molecule has 0 spiro atoms. The van der Waals surface area contributed by atoms with Crippen LogP contribution in [0.1, 0.15) is 20.8 Å². The van der Waals surface area contributed by atoms with Gasteiger partial charge in [-0.15, -0.1) is 0 Å². The molecule has 1 saturated heterocycles. The summed E-state index contributed by atoms with van der Waals surface area (Å²) in [6.45, 7) is 5.05. The molecular weight excluding hydrogens is 445 g/mol. The lowest BCUT2D eigenvalue weighted by Crippen LogP contribution is -2.44. The van der Waals surface area contributed by atoms with Crippen molar-refractivity contribution in [3.63, 3.8) is 0 Å². The molecule has 0 aliphatic carbocycles. The Kier molecular flexibility index (Phi) is 6.07. The molecule has 1 aliphatic heterocycles. The van der Waals surface area contributed by atoms with E-state index in [4.69, 9.17) is 9.47 Å². The second-order valence-corrected chi connectivity index (χ2v) is 9.13. The van der Waals surface area contributed by atoms with Crippen LogP contribution in [0.5, 0.6) is 5.75 Å². The molecule has 12 heteroatoms. The summed E-state index contributed by atoms with van der Waals surface area (Å²) in [4.78, 5) is 33.6. The predicted molar refractivity (Wildman–Crippen MR) is 123 cm³/mol. The molecule has 4 rings (SSSR count). The first kappa shape index (κ1) is 23.3. The number of urea groups is 1. The van der Waals surface area contributed by atoms with Crippen LogP contribution in [0.2, 0.25) is 0 Å². The first-order valence-electron chi connectivity index (χ1n) is 10.8. The molecule has 0 radical (unpaired) electrons. The van der Waals surface area contributed by atoms with Crippen molar-refractivity contribution in [2.45, 2.75) is 38.6 Å². The lowest BCUT2D eigenvalue weighted by atomic mass is 10.1. The highest BCUT2D eigenvalue weighted by molar-refractivity contribution is 5.98. The van der Waals surface area contributed by atoms with Gasteiger partial charge in [0.05, 0.1) is 25.9 Å². The summed E-state index contributed by atoms with van der Waals surface area (Å²) >= 11 is 0. The van der Waals surface area contributed by atoms with Gasteiger partial charge in [-0.05, 0) is 32.9 Å². The Bertz CT molecular complexity index is 1220. The van der Waals surface area contributed by atoms with Crippen molar-refractivity contribution in [1.82, 2.24) is 30.0 Å². The number of imidazole rings is 1. The maximum absolute atomic E-state index is 14.5. The quantitative estimate of drug-likeness (QED) is 0.535. The van der Waals surface area contributed by atoms with Gasteiger partial charge in [0.15, 0.2) is 0 Å². The van der Waals surface area contributed by atoms with Crippen LogP contribution >= 0.6 is 0 Å². The Balaban J connectivity index is 1.47. The van der Waals surface area contributed by atoms with Crippen LogP contribution in [0.3, 0.4) is 0 Å². The fourth-order valence-corrected chi connectivity index (χ4v) is 3.78.